The highest BCUT2D eigenvalue weighted by Crippen LogP contribution is 2.25. The highest BCUT2D eigenvalue weighted by Gasteiger charge is 2.27. The number of carbonyl (C=O) groups is 3. The summed E-state index contributed by atoms with van der Waals surface area (Å²) in [6.45, 7) is 8.67. The van der Waals surface area contributed by atoms with Gasteiger partial charge in [0, 0.05) is 30.9 Å². The number of amides is 2. The molecule has 42 heavy (non-hydrogen) atoms. The molecule has 0 aromatic heterocycles. The highest BCUT2D eigenvalue weighted by atomic mass is 16.5. The number of nitrogen functional groups attached to an aromatic ring is 1. The Balaban J connectivity index is 1.81. The van der Waals surface area contributed by atoms with Gasteiger partial charge >= 0.3 is 5.97 Å². The minimum Gasteiger partial charge on any atom is -0.494 e. The van der Waals surface area contributed by atoms with Crippen LogP contribution in [0.25, 0.3) is 0 Å². The summed E-state index contributed by atoms with van der Waals surface area (Å²) >= 11 is 0. The Morgan fingerprint density at radius 1 is 0.857 bits per heavy atom. The lowest BCUT2D eigenvalue weighted by Gasteiger charge is -2.20. The van der Waals surface area contributed by atoms with E-state index in [-0.39, 0.29) is 41.2 Å². The number of carboxylic acids is 1. The second-order valence-corrected chi connectivity index (χ2v) is 10.5. The maximum absolute atomic E-state index is 13.0. The zero-order valence-electron chi connectivity index (χ0n) is 24.9. The van der Waals surface area contributed by atoms with E-state index in [4.69, 9.17) is 25.4 Å². The molecule has 0 radical (unpaired) electrons. The van der Waals surface area contributed by atoms with Gasteiger partial charge in [0.1, 0.15) is 17.3 Å². The molecule has 230 valence electrons. The summed E-state index contributed by atoms with van der Waals surface area (Å²) in [5.41, 5.74) is 6.22. The number of aliphatic carboxylic acids is 1. The monoisotopic (exact) mass is 584 g/mol. The number of hydrogen-bond acceptors (Lipinski definition) is 7. The maximum Gasteiger partial charge on any atom is 0.344 e. The second-order valence-electron chi connectivity index (χ2n) is 10.5. The van der Waals surface area contributed by atoms with Gasteiger partial charge in [0.15, 0.2) is 6.10 Å². The normalized spacial score (nSPS) is 11.7. The van der Waals surface area contributed by atoms with Crippen LogP contribution in [0.4, 0.5) is 0 Å². The van der Waals surface area contributed by atoms with Gasteiger partial charge < -0.3 is 35.7 Å². The van der Waals surface area contributed by atoms with Crippen LogP contribution in [0.15, 0.2) is 42.5 Å². The van der Waals surface area contributed by atoms with E-state index in [1.54, 1.807) is 44.2 Å². The summed E-state index contributed by atoms with van der Waals surface area (Å²) in [6, 6.07) is 11.3. The lowest BCUT2D eigenvalue weighted by molar-refractivity contribution is -0.145. The van der Waals surface area contributed by atoms with Gasteiger partial charge in [-0.25, -0.2) is 4.79 Å². The van der Waals surface area contributed by atoms with Crippen molar-refractivity contribution in [1.29, 1.82) is 5.41 Å². The lowest BCUT2D eigenvalue weighted by Crippen LogP contribution is -2.36. The smallest absolute Gasteiger partial charge is 0.344 e. The zero-order valence-corrected chi connectivity index (χ0v) is 24.9. The molecular formula is C31H44N4O7. The van der Waals surface area contributed by atoms with Gasteiger partial charge in [-0.05, 0) is 96.2 Å². The van der Waals surface area contributed by atoms with Gasteiger partial charge in [0.05, 0.1) is 17.7 Å². The fourth-order valence-corrected chi connectivity index (χ4v) is 3.99. The molecular weight excluding hydrogens is 540 g/mol. The molecule has 11 nitrogen and oxygen atoms in total. The first-order chi connectivity index (χ1) is 20.0. The van der Waals surface area contributed by atoms with E-state index in [9.17, 15) is 19.5 Å². The van der Waals surface area contributed by atoms with E-state index in [0.717, 1.165) is 25.0 Å². The number of carboxylic acid groups (broad SMARTS) is 1. The number of unbranched alkanes of at least 4 members (excludes halogenated alkanes) is 2. The van der Waals surface area contributed by atoms with E-state index in [2.05, 4.69) is 10.6 Å². The quantitative estimate of drug-likeness (QED) is 0.0931. The van der Waals surface area contributed by atoms with Gasteiger partial charge in [-0.3, -0.25) is 15.0 Å². The molecule has 0 heterocycles. The third-order valence-electron chi connectivity index (χ3n) is 6.00. The Morgan fingerprint density at radius 2 is 1.48 bits per heavy atom. The fourth-order valence-electron chi connectivity index (χ4n) is 3.99. The number of ether oxygens (including phenoxy) is 3. The topological polar surface area (TPSA) is 173 Å². The average molecular weight is 585 g/mol. The van der Waals surface area contributed by atoms with Gasteiger partial charge in [-0.15, -0.1) is 0 Å². The van der Waals surface area contributed by atoms with Crippen molar-refractivity contribution in [3.8, 4) is 11.5 Å². The molecule has 2 aromatic carbocycles. The summed E-state index contributed by atoms with van der Waals surface area (Å²) in [7, 11) is 0. The molecule has 1 unspecified atom stereocenters. The first kappa shape index (κ1) is 34.1. The number of benzene rings is 2. The third-order valence-corrected chi connectivity index (χ3v) is 6.00. The van der Waals surface area contributed by atoms with Crippen LogP contribution in [0, 0.1) is 5.41 Å². The summed E-state index contributed by atoms with van der Waals surface area (Å²) in [5, 5.41) is 22.7. The first-order valence-corrected chi connectivity index (χ1v) is 14.3. The van der Waals surface area contributed by atoms with Crippen molar-refractivity contribution < 1.29 is 33.7 Å². The predicted octanol–water partition coefficient (Wildman–Crippen LogP) is 4.13. The number of amidine groups is 1. The zero-order chi connectivity index (χ0) is 31.1. The van der Waals surface area contributed by atoms with Gasteiger partial charge in [0.25, 0.3) is 11.8 Å². The molecule has 0 saturated heterocycles. The van der Waals surface area contributed by atoms with Crippen molar-refractivity contribution in [1.82, 2.24) is 10.6 Å². The molecule has 0 bridgehead atoms. The van der Waals surface area contributed by atoms with Crippen molar-refractivity contribution in [3.05, 3.63) is 59.2 Å². The van der Waals surface area contributed by atoms with Crippen LogP contribution in [0.1, 0.15) is 86.1 Å². The van der Waals surface area contributed by atoms with Crippen LogP contribution in [-0.2, 0) is 9.53 Å². The van der Waals surface area contributed by atoms with Crippen molar-refractivity contribution in [2.24, 2.45) is 5.73 Å². The maximum atomic E-state index is 13.0. The molecule has 2 aromatic rings. The number of nitrogens with one attached hydrogen (secondary N) is 3. The molecule has 1 atom stereocenters. The molecule has 2 rings (SSSR count). The standard InChI is InChI=1S/C31H44N4O7/c1-20(2)34-29(36)24-10-8-11-25(27(24)30(37)35-21(3)4)42-26(31(38)39)12-9-18-40-17-6-5-7-19-41-23-15-13-22(14-16-23)28(32)33/h8,10-11,13-16,20-21,26H,5-7,9,12,17-19H2,1-4H3,(H3,32,33)(H,34,36)(H,35,37)(H,38,39). The molecule has 0 aliphatic heterocycles. The highest BCUT2D eigenvalue weighted by molar-refractivity contribution is 6.09. The van der Waals surface area contributed by atoms with Gasteiger partial charge in [-0.2, -0.15) is 0 Å². The Morgan fingerprint density at radius 3 is 2.10 bits per heavy atom. The second kappa shape index (κ2) is 17.6. The Hall–Kier alpha value is -4.12. The van der Waals surface area contributed by atoms with Crippen LogP contribution < -0.4 is 25.8 Å². The number of carbonyl (C=O) groups excluding carboxylic acids is 2. The van der Waals surface area contributed by atoms with Gasteiger partial charge in [-0.1, -0.05) is 6.07 Å². The SMILES string of the molecule is CC(C)NC(=O)c1cccc(OC(CCCOCCCCCOc2ccc(C(=N)N)cc2)C(=O)O)c1C(=O)NC(C)C. The van der Waals surface area contributed by atoms with Crippen molar-refractivity contribution in [2.45, 2.75) is 78.0 Å². The van der Waals surface area contributed by atoms with Crippen molar-refractivity contribution in [2.75, 3.05) is 19.8 Å². The fraction of sp³-hybridized carbons (Fsp3) is 0.484. The summed E-state index contributed by atoms with van der Waals surface area (Å²) in [5.74, 6) is -1.35. The van der Waals surface area contributed by atoms with Crippen molar-refractivity contribution >= 4 is 23.6 Å². The Labute approximate surface area is 247 Å². The van der Waals surface area contributed by atoms with Crippen LogP contribution in [0.2, 0.25) is 0 Å². The molecule has 0 spiro atoms. The molecule has 0 saturated carbocycles. The third kappa shape index (κ3) is 11.8. The molecule has 0 fully saturated rings. The van der Waals surface area contributed by atoms with E-state index in [1.807, 2.05) is 13.8 Å². The largest absolute Gasteiger partial charge is 0.494 e. The van der Waals surface area contributed by atoms with Crippen LogP contribution in [0.5, 0.6) is 11.5 Å². The van der Waals surface area contributed by atoms with Crippen molar-refractivity contribution in [3.63, 3.8) is 0 Å². The number of hydrogen-bond donors (Lipinski definition) is 5. The van der Waals surface area contributed by atoms with Crippen LogP contribution in [0.3, 0.4) is 0 Å². The average Bonchev–Trinajstić information content (AvgIpc) is 2.92. The molecule has 11 heteroatoms. The summed E-state index contributed by atoms with van der Waals surface area (Å²) in [4.78, 5) is 37.8. The van der Waals surface area contributed by atoms with Crippen LogP contribution in [-0.4, -0.2) is 66.7 Å². The number of nitrogens with two attached hydrogens (primary N) is 1. The van der Waals surface area contributed by atoms with Gasteiger partial charge in [0.2, 0.25) is 0 Å². The molecule has 0 aliphatic carbocycles. The Bertz CT molecular complexity index is 1180. The van der Waals surface area contributed by atoms with Crippen LogP contribution >= 0.6 is 0 Å². The van der Waals surface area contributed by atoms with E-state index >= 15 is 0 Å². The molecule has 6 N–H and O–H groups in total. The molecule has 2 amide bonds. The number of rotatable bonds is 19. The Kier molecular flexibility index (Phi) is 14.3. The first-order valence-electron chi connectivity index (χ1n) is 14.3. The van der Waals surface area contributed by atoms with E-state index in [1.165, 1.54) is 12.1 Å². The summed E-state index contributed by atoms with van der Waals surface area (Å²) in [6.07, 6.45) is 1.99. The summed E-state index contributed by atoms with van der Waals surface area (Å²) < 4.78 is 17.2. The van der Waals surface area contributed by atoms with E-state index < -0.39 is 23.9 Å². The minimum atomic E-state index is -1.22. The van der Waals surface area contributed by atoms with E-state index in [0.29, 0.717) is 31.8 Å². The minimum absolute atomic E-state index is 0.00362. The lowest BCUT2D eigenvalue weighted by atomic mass is 10.0. The predicted molar refractivity (Wildman–Crippen MR) is 161 cm³/mol. The molecule has 0 aliphatic rings.